The zero-order valence-electron chi connectivity index (χ0n) is 15.4. The monoisotopic (exact) mass is 376 g/mol. The van der Waals surface area contributed by atoms with Crippen molar-refractivity contribution in [3.05, 3.63) is 29.6 Å². The Balaban J connectivity index is 1.62. The summed E-state index contributed by atoms with van der Waals surface area (Å²) in [6, 6.07) is 1.59. The molecular weight excluding hydrogens is 352 g/mol. The topological polar surface area (TPSA) is 92.3 Å². The van der Waals surface area contributed by atoms with Gasteiger partial charge in [-0.1, -0.05) is 0 Å². The number of carbonyl (C=O) groups is 3. The van der Waals surface area contributed by atoms with E-state index in [1.807, 2.05) is 0 Å². The molecule has 0 saturated carbocycles. The van der Waals surface area contributed by atoms with Crippen LogP contribution in [0.5, 0.6) is 0 Å². The molecule has 0 spiro atoms. The van der Waals surface area contributed by atoms with Crippen LogP contribution in [0.15, 0.2) is 18.5 Å². The number of amides is 3. The fourth-order valence-electron chi connectivity index (χ4n) is 3.11. The van der Waals surface area contributed by atoms with Gasteiger partial charge in [0.2, 0.25) is 0 Å². The maximum Gasteiger partial charge on any atom is 0.409 e. The highest BCUT2D eigenvalue weighted by molar-refractivity contribution is 5.99. The molecule has 1 aromatic heterocycles. The number of rotatable bonds is 3. The average molecular weight is 376 g/mol. The Morgan fingerprint density at radius 3 is 2.00 bits per heavy atom. The van der Waals surface area contributed by atoms with Crippen LogP contribution in [0.3, 0.4) is 0 Å². The Hall–Kier alpha value is -2.68. The van der Waals surface area contributed by atoms with Crippen molar-refractivity contribution in [3.8, 4) is 0 Å². The molecule has 0 aliphatic carbocycles. The lowest BCUT2D eigenvalue weighted by molar-refractivity contribution is 0.0302. The molecule has 2 aliphatic rings. The lowest BCUT2D eigenvalue weighted by atomic mass is 10.1. The van der Waals surface area contributed by atoms with Crippen molar-refractivity contribution in [3.63, 3.8) is 0 Å². The van der Waals surface area contributed by atoms with Gasteiger partial charge in [-0.25, -0.2) is 4.79 Å². The fourth-order valence-corrected chi connectivity index (χ4v) is 3.11. The molecule has 2 saturated heterocycles. The summed E-state index contributed by atoms with van der Waals surface area (Å²) in [7, 11) is 0. The molecule has 3 rings (SSSR count). The summed E-state index contributed by atoms with van der Waals surface area (Å²) >= 11 is 0. The highest BCUT2D eigenvalue weighted by Gasteiger charge is 2.26. The Bertz CT molecular complexity index is 697. The van der Waals surface area contributed by atoms with Gasteiger partial charge in [-0.15, -0.1) is 0 Å². The summed E-state index contributed by atoms with van der Waals surface area (Å²) < 4.78 is 10.2. The van der Waals surface area contributed by atoms with Crippen molar-refractivity contribution < 1.29 is 23.9 Å². The summed E-state index contributed by atoms with van der Waals surface area (Å²) in [4.78, 5) is 46.1. The molecule has 0 radical (unpaired) electrons. The minimum Gasteiger partial charge on any atom is -0.450 e. The molecule has 0 N–H and O–H groups in total. The van der Waals surface area contributed by atoms with Crippen LogP contribution in [0, 0.1) is 0 Å². The number of aromatic nitrogens is 1. The molecule has 2 fully saturated rings. The van der Waals surface area contributed by atoms with Gasteiger partial charge >= 0.3 is 6.09 Å². The van der Waals surface area contributed by atoms with Gasteiger partial charge in [-0.2, -0.15) is 0 Å². The molecular formula is C18H24N4O5. The molecule has 9 nitrogen and oxygen atoms in total. The molecule has 0 bridgehead atoms. The van der Waals surface area contributed by atoms with Crippen LogP contribution in [-0.2, 0) is 9.47 Å². The number of pyridine rings is 1. The maximum absolute atomic E-state index is 12.8. The third-order valence-electron chi connectivity index (χ3n) is 4.62. The highest BCUT2D eigenvalue weighted by Crippen LogP contribution is 2.13. The van der Waals surface area contributed by atoms with Gasteiger partial charge in [0.25, 0.3) is 11.8 Å². The second-order valence-electron chi connectivity index (χ2n) is 6.35. The molecule has 1 aromatic rings. The molecule has 0 atom stereocenters. The Morgan fingerprint density at radius 2 is 1.44 bits per heavy atom. The van der Waals surface area contributed by atoms with Crippen molar-refractivity contribution in [2.75, 3.05) is 59.1 Å². The number of ether oxygens (including phenoxy) is 2. The Morgan fingerprint density at radius 1 is 0.926 bits per heavy atom. The first-order chi connectivity index (χ1) is 13.1. The summed E-state index contributed by atoms with van der Waals surface area (Å²) in [6.07, 6.45) is 2.59. The number of carbonyl (C=O) groups excluding carboxylic acids is 3. The summed E-state index contributed by atoms with van der Waals surface area (Å²) in [5, 5.41) is 0. The number of morpholine rings is 1. The van der Waals surface area contributed by atoms with E-state index in [0.29, 0.717) is 70.2 Å². The first-order valence-corrected chi connectivity index (χ1v) is 9.13. The minimum absolute atomic E-state index is 0.146. The lowest BCUT2D eigenvalue weighted by Gasteiger charge is -2.34. The second-order valence-corrected chi connectivity index (χ2v) is 6.35. The fraction of sp³-hybridized carbons (Fsp3) is 0.556. The van der Waals surface area contributed by atoms with Crippen LogP contribution in [-0.4, -0.2) is 96.7 Å². The van der Waals surface area contributed by atoms with Crippen LogP contribution in [0.25, 0.3) is 0 Å². The molecule has 3 amide bonds. The maximum atomic E-state index is 12.8. The molecule has 146 valence electrons. The van der Waals surface area contributed by atoms with E-state index in [2.05, 4.69) is 4.98 Å². The van der Waals surface area contributed by atoms with Crippen molar-refractivity contribution in [1.82, 2.24) is 19.7 Å². The number of hydrogen-bond acceptors (Lipinski definition) is 6. The number of nitrogens with zero attached hydrogens (tertiary/aromatic N) is 4. The molecule has 27 heavy (non-hydrogen) atoms. The number of piperazine rings is 1. The molecule has 0 unspecified atom stereocenters. The third-order valence-corrected chi connectivity index (χ3v) is 4.62. The van der Waals surface area contributed by atoms with Crippen molar-refractivity contribution in [2.24, 2.45) is 0 Å². The zero-order valence-corrected chi connectivity index (χ0v) is 15.4. The number of hydrogen-bond donors (Lipinski definition) is 0. The van der Waals surface area contributed by atoms with Crippen LogP contribution in [0.2, 0.25) is 0 Å². The van der Waals surface area contributed by atoms with E-state index >= 15 is 0 Å². The predicted octanol–water partition coefficient (Wildman–Crippen LogP) is 0.468. The summed E-state index contributed by atoms with van der Waals surface area (Å²) in [5.74, 6) is -0.338. The van der Waals surface area contributed by atoms with Gasteiger partial charge in [0.05, 0.1) is 30.9 Å². The lowest BCUT2D eigenvalue weighted by Crippen LogP contribution is -2.50. The van der Waals surface area contributed by atoms with Gasteiger partial charge in [0.15, 0.2) is 0 Å². The first kappa shape index (κ1) is 19.1. The van der Waals surface area contributed by atoms with Gasteiger partial charge in [0, 0.05) is 51.7 Å². The quantitative estimate of drug-likeness (QED) is 0.761. The van der Waals surface area contributed by atoms with Crippen molar-refractivity contribution >= 4 is 17.9 Å². The summed E-state index contributed by atoms with van der Waals surface area (Å²) in [5.41, 5.74) is 0.770. The van der Waals surface area contributed by atoms with Gasteiger partial charge in [-0.05, 0) is 13.0 Å². The Labute approximate surface area is 157 Å². The molecule has 0 aromatic carbocycles. The Kier molecular flexibility index (Phi) is 6.23. The van der Waals surface area contributed by atoms with E-state index in [1.54, 1.807) is 27.7 Å². The molecule has 3 heterocycles. The third kappa shape index (κ3) is 4.54. The van der Waals surface area contributed by atoms with Crippen LogP contribution in [0.4, 0.5) is 4.79 Å². The molecule has 2 aliphatic heterocycles. The van der Waals surface area contributed by atoms with E-state index in [4.69, 9.17) is 9.47 Å². The second kappa shape index (κ2) is 8.81. The van der Waals surface area contributed by atoms with Gasteiger partial charge < -0.3 is 24.2 Å². The highest BCUT2D eigenvalue weighted by atomic mass is 16.6. The van der Waals surface area contributed by atoms with Crippen molar-refractivity contribution in [1.29, 1.82) is 0 Å². The van der Waals surface area contributed by atoms with Gasteiger partial charge in [0.1, 0.15) is 0 Å². The van der Waals surface area contributed by atoms with E-state index in [-0.39, 0.29) is 17.9 Å². The van der Waals surface area contributed by atoms with Gasteiger partial charge in [-0.3, -0.25) is 14.6 Å². The van der Waals surface area contributed by atoms with Crippen LogP contribution in [0.1, 0.15) is 27.6 Å². The first-order valence-electron chi connectivity index (χ1n) is 9.13. The van der Waals surface area contributed by atoms with E-state index in [1.165, 1.54) is 12.4 Å². The van der Waals surface area contributed by atoms with Crippen molar-refractivity contribution in [2.45, 2.75) is 6.92 Å². The average Bonchev–Trinajstić information content (AvgIpc) is 2.73. The van der Waals surface area contributed by atoms with E-state index in [9.17, 15) is 14.4 Å². The zero-order chi connectivity index (χ0) is 19.2. The van der Waals surface area contributed by atoms with Crippen LogP contribution < -0.4 is 0 Å². The minimum atomic E-state index is -0.357. The van der Waals surface area contributed by atoms with E-state index < -0.39 is 0 Å². The summed E-state index contributed by atoms with van der Waals surface area (Å²) in [6.45, 7) is 5.86. The SMILES string of the molecule is CCOC(=O)N1CCN(C(=O)c2cncc(C(=O)N3CCOCC3)c2)CC1. The van der Waals surface area contributed by atoms with Crippen LogP contribution >= 0.6 is 0 Å². The smallest absolute Gasteiger partial charge is 0.409 e. The predicted molar refractivity (Wildman–Crippen MR) is 95.5 cm³/mol. The largest absolute Gasteiger partial charge is 0.450 e. The normalized spacial score (nSPS) is 17.6. The standard InChI is InChI=1S/C18H24N4O5/c1-2-27-18(25)22-5-3-20(4-6-22)16(23)14-11-15(13-19-12-14)17(24)21-7-9-26-10-8-21/h11-13H,2-10H2,1H3. The van der Waals surface area contributed by atoms with E-state index in [0.717, 1.165) is 0 Å². The molecule has 9 heteroatoms.